The summed E-state index contributed by atoms with van der Waals surface area (Å²) in [4.78, 5) is 4.83. The first-order valence-corrected chi connectivity index (χ1v) is 3.60. The number of nitrogens with one attached hydrogen (secondary N) is 1. The van der Waals surface area contributed by atoms with E-state index < -0.39 is 0 Å². The van der Waals surface area contributed by atoms with E-state index in [1.165, 1.54) is 0 Å². The van der Waals surface area contributed by atoms with Crippen LogP contribution < -0.4 is 5.32 Å². The molecule has 0 aliphatic carbocycles. The van der Waals surface area contributed by atoms with Gasteiger partial charge in [0, 0.05) is 12.7 Å². The van der Waals surface area contributed by atoms with Crippen molar-refractivity contribution >= 4 is 18.4 Å². The molecule has 0 unspecified atom stereocenters. The molecule has 0 amide bonds. The van der Waals surface area contributed by atoms with Crippen LogP contribution in [0.2, 0.25) is 0 Å². The molecule has 2 nitrogen and oxygen atoms in total. The summed E-state index contributed by atoms with van der Waals surface area (Å²) in [5.74, 6) is 0.885. The summed E-state index contributed by atoms with van der Waals surface area (Å²) in [6, 6.07) is 3.74. The number of pyridine rings is 1. The van der Waals surface area contributed by atoms with Crippen molar-refractivity contribution in [3.8, 4) is 0 Å². The maximum atomic E-state index is 4.87. The SMILES string of the molecule is CCNc1ccc([S])cn1. The summed E-state index contributed by atoms with van der Waals surface area (Å²) >= 11 is 4.87. The highest BCUT2D eigenvalue weighted by atomic mass is 32.1. The quantitative estimate of drug-likeness (QED) is 0.703. The zero-order valence-electron chi connectivity index (χ0n) is 5.79. The summed E-state index contributed by atoms with van der Waals surface area (Å²) in [6.45, 7) is 2.92. The molecule has 0 aliphatic rings. The standard InChI is InChI=1S/C7H9N2S/c1-2-8-7-4-3-6(10)5-9-7/h3-5H,2H2,1H3,(H,8,9). The summed E-state index contributed by atoms with van der Waals surface area (Å²) in [5.41, 5.74) is 0. The minimum atomic E-state index is 0.779. The van der Waals surface area contributed by atoms with Crippen molar-refractivity contribution in [2.24, 2.45) is 0 Å². The van der Waals surface area contributed by atoms with Crippen molar-refractivity contribution < 1.29 is 0 Å². The van der Waals surface area contributed by atoms with Crippen LogP contribution >= 0.6 is 12.6 Å². The van der Waals surface area contributed by atoms with E-state index in [9.17, 15) is 0 Å². The van der Waals surface area contributed by atoms with Crippen LogP contribution in [0.1, 0.15) is 6.92 Å². The normalized spacial score (nSPS) is 9.30. The van der Waals surface area contributed by atoms with E-state index in [4.69, 9.17) is 12.6 Å². The van der Waals surface area contributed by atoms with Gasteiger partial charge in [0.1, 0.15) is 5.82 Å². The van der Waals surface area contributed by atoms with Gasteiger partial charge in [-0.05, 0) is 19.1 Å². The van der Waals surface area contributed by atoms with Gasteiger partial charge in [0.15, 0.2) is 0 Å². The van der Waals surface area contributed by atoms with Crippen molar-refractivity contribution in [1.29, 1.82) is 0 Å². The number of aromatic nitrogens is 1. The molecule has 1 radical (unpaired) electrons. The highest BCUT2D eigenvalue weighted by molar-refractivity contribution is 7.80. The van der Waals surface area contributed by atoms with Crippen LogP contribution in [0.3, 0.4) is 0 Å². The van der Waals surface area contributed by atoms with Gasteiger partial charge in [-0.1, -0.05) is 12.6 Å². The third-order valence-electron chi connectivity index (χ3n) is 1.09. The molecule has 0 saturated carbocycles. The predicted octanol–water partition coefficient (Wildman–Crippen LogP) is 2.07. The molecule has 0 atom stereocenters. The van der Waals surface area contributed by atoms with Gasteiger partial charge in [-0.25, -0.2) is 4.98 Å². The number of hydrogen-bond acceptors (Lipinski definition) is 2. The second kappa shape index (κ2) is 3.37. The van der Waals surface area contributed by atoms with Gasteiger partial charge in [0.05, 0.1) is 4.90 Å². The van der Waals surface area contributed by atoms with E-state index in [0.717, 1.165) is 17.3 Å². The lowest BCUT2D eigenvalue weighted by Crippen LogP contribution is -1.97. The van der Waals surface area contributed by atoms with Crippen LogP contribution in [0.5, 0.6) is 0 Å². The maximum Gasteiger partial charge on any atom is 0.125 e. The fraction of sp³-hybridized carbons (Fsp3) is 0.286. The minimum Gasteiger partial charge on any atom is -0.370 e. The fourth-order valence-corrected chi connectivity index (χ4v) is 0.787. The predicted molar refractivity (Wildman–Crippen MR) is 44.3 cm³/mol. The van der Waals surface area contributed by atoms with Crippen molar-refractivity contribution in [2.45, 2.75) is 11.8 Å². The van der Waals surface area contributed by atoms with Crippen LogP contribution in [-0.4, -0.2) is 11.5 Å². The Morgan fingerprint density at radius 3 is 2.90 bits per heavy atom. The fourth-order valence-electron chi connectivity index (χ4n) is 0.666. The third-order valence-corrected chi connectivity index (χ3v) is 1.34. The van der Waals surface area contributed by atoms with Crippen LogP contribution in [0, 0.1) is 0 Å². The zero-order valence-corrected chi connectivity index (χ0v) is 6.61. The molecule has 0 saturated heterocycles. The van der Waals surface area contributed by atoms with E-state index in [0.29, 0.717) is 0 Å². The van der Waals surface area contributed by atoms with Crippen LogP contribution in [0.15, 0.2) is 23.2 Å². The van der Waals surface area contributed by atoms with Crippen molar-refractivity contribution in [2.75, 3.05) is 11.9 Å². The molecule has 10 heavy (non-hydrogen) atoms. The maximum absolute atomic E-state index is 4.87. The molecule has 0 aliphatic heterocycles. The molecule has 0 bridgehead atoms. The highest BCUT2D eigenvalue weighted by Crippen LogP contribution is 2.06. The minimum absolute atomic E-state index is 0.779. The Morgan fingerprint density at radius 1 is 1.60 bits per heavy atom. The van der Waals surface area contributed by atoms with Crippen LogP contribution in [0.25, 0.3) is 0 Å². The lowest BCUT2D eigenvalue weighted by atomic mass is 10.4. The first kappa shape index (κ1) is 7.28. The Labute approximate surface area is 66.1 Å². The van der Waals surface area contributed by atoms with Gasteiger partial charge in [-0.2, -0.15) is 0 Å². The number of anilines is 1. The Balaban J connectivity index is 2.69. The van der Waals surface area contributed by atoms with Gasteiger partial charge >= 0.3 is 0 Å². The summed E-state index contributed by atoms with van der Waals surface area (Å²) in [5, 5.41) is 3.08. The largest absolute Gasteiger partial charge is 0.370 e. The van der Waals surface area contributed by atoms with Gasteiger partial charge < -0.3 is 5.32 Å². The third kappa shape index (κ3) is 1.84. The molecule has 1 N–H and O–H groups in total. The highest BCUT2D eigenvalue weighted by Gasteiger charge is 1.88. The van der Waals surface area contributed by atoms with E-state index in [1.54, 1.807) is 6.20 Å². The molecular weight excluding hydrogens is 144 g/mol. The Morgan fingerprint density at radius 2 is 2.40 bits per heavy atom. The molecule has 0 spiro atoms. The first-order chi connectivity index (χ1) is 4.83. The molecule has 0 fully saturated rings. The molecule has 1 aromatic heterocycles. The lowest BCUT2D eigenvalue weighted by Gasteiger charge is -1.99. The Bertz CT molecular complexity index is 195. The number of nitrogens with zero attached hydrogens (tertiary/aromatic N) is 1. The van der Waals surface area contributed by atoms with Crippen LogP contribution in [-0.2, 0) is 0 Å². The average molecular weight is 153 g/mol. The topological polar surface area (TPSA) is 24.9 Å². The van der Waals surface area contributed by atoms with E-state index in [1.807, 2.05) is 19.1 Å². The molecule has 3 heteroatoms. The van der Waals surface area contributed by atoms with Crippen molar-refractivity contribution in [3.63, 3.8) is 0 Å². The van der Waals surface area contributed by atoms with Gasteiger partial charge in [0.2, 0.25) is 0 Å². The molecular formula is C7H9N2S. The zero-order chi connectivity index (χ0) is 7.40. The van der Waals surface area contributed by atoms with Gasteiger partial charge in [0.25, 0.3) is 0 Å². The molecule has 0 aromatic carbocycles. The monoisotopic (exact) mass is 153 g/mol. The Kier molecular flexibility index (Phi) is 2.45. The average Bonchev–Trinajstić information content (AvgIpc) is 1.95. The van der Waals surface area contributed by atoms with E-state index in [-0.39, 0.29) is 0 Å². The van der Waals surface area contributed by atoms with E-state index >= 15 is 0 Å². The van der Waals surface area contributed by atoms with E-state index in [2.05, 4.69) is 10.3 Å². The first-order valence-electron chi connectivity index (χ1n) is 3.20. The van der Waals surface area contributed by atoms with Crippen molar-refractivity contribution in [1.82, 2.24) is 4.98 Å². The molecule has 1 rings (SSSR count). The number of rotatable bonds is 2. The van der Waals surface area contributed by atoms with Gasteiger partial charge in [-0.15, -0.1) is 0 Å². The van der Waals surface area contributed by atoms with Crippen molar-refractivity contribution in [3.05, 3.63) is 18.3 Å². The van der Waals surface area contributed by atoms with Gasteiger partial charge in [-0.3, -0.25) is 0 Å². The summed E-state index contributed by atoms with van der Waals surface area (Å²) < 4.78 is 0. The van der Waals surface area contributed by atoms with Crippen LogP contribution in [0.4, 0.5) is 5.82 Å². The second-order valence-electron chi connectivity index (χ2n) is 1.91. The number of hydrogen-bond donors (Lipinski definition) is 1. The molecule has 53 valence electrons. The smallest absolute Gasteiger partial charge is 0.125 e. The second-order valence-corrected chi connectivity index (χ2v) is 2.38. The molecule has 1 heterocycles. The molecule has 1 aromatic rings. The summed E-state index contributed by atoms with van der Waals surface area (Å²) in [7, 11) is 0. The lowest BCUT2D eigenvalue weighted by molar-refractivity contribution is 1.14. The summed E-state index contributed by atoms with van der Waals surface area (Å²) in [6.07, 6.45) is 1.67. The Hall–Kier alpha value is -0.830.